The molecule has 0 aliphatic heterocycles. The van der Waals surface area contributed by atoms with Gasteiger partial charge in [0.25, 0.3) is 5.89 Å². The van der Waals surface area contributed by atoms with Crippen LogP contribution in [0.4, 0.5) is 0 Å². The number of aromatic nitrogens is 2. The summed E-state index contributed by atoms with van der Waals surface area (Å²) in [6, 6.07) is 6.61. The summed E-state index contributed by atoms with van der Waals surface area (Å²) in [5.41, 5.74) is 5.92. The van der Waals surface area contributed by atoms with Gasteiger partial charge in [0.1, 0.15) is 5.75 Å². The summed E-state index contributed by atoms with van der Waals surface area (Å²) in [4.78, 5) is 4.19. The first-order chi connectivity index (χ1) is 10.0. The van der Waals surface area contributed by atoms with E-state index >= 15 is 0 Å². The minimum atomic E-state index is -0.416. The molecule has 0 radical (unpaired) electrons. The summed E-state index contributed by atoms with van der Waals surface area (Å²) in [6.07, 6.45) is 0.107. The van der Waals surface area contributed by atoms with E-state index < -0.39 is 6.04 Å². The zero-order chi connectivity index (χ0) is 15.2. The molecular weight excluding hydrogens is 294 g/mol. The lowest BCUT2D eigenvalue weighted by molar-refractivity contribution is 0.0665. The third-order valence-electron chi connectivity index (χ3n) is 2.60. The predicted molar refractivity (Wildman–Crippen MR) is 78.1 cm³/mol. The van der Waals surface area contributed by atoms with Crippen LogP contribution >= 0.6 is 11.6 Å². The summed E-state index contributed by atoms with van der Waals surface area (Å²) in [5.74, 6) is 1.44. The summed E-state index contributed by atoms with van der Waals surface area (Å²) < 4.78 is 16.0. The van der Waals surface area contributed by atoms with E-state index in [-0.39, 0.29) is 12.7 Å². The molecule has 2 N–H and O–H groups in total. The van der Waals surface area contributed by atoms with Crippen LogP contribution in [0, 0.1) is 0 Å². The Kier molecular flexibility index (Phi) is 5.55. The molecule has 0 saturated carbocycles. The van der Waals surface area contributed by atoms with Crippen molar-refractivity contribution in [1.82, 2.24) is 10.1 Å². The first kappa shape index (κ1) is 15.8. The maximum Gasteiger partial charge on any atom is 0.264 e. The maximum absolute atomic E-state index is 5.92. The molecule has 0 spiro atoms. The van der Waals surface area contributed by atoms with Gasteiger partial charge in [0.2, 0.25) is 0 Å². The van der Waals surface area contributed by atoms with Crippen LogP contribution in [-0.2, 0) is 11.3 Å². The second-order valence-electron chi connectivity index (χ2n) is 4.78. The monoisotopic (exact) mass is 311 g/mol. The molecule has 0 aliphatic rings. The molecule has 1 aromatic heterocycles. The molecule has 6 nitrogen and oxygen atoms in total. The predicted octanol–water partition coefficient (Wildman–Crippen LogP) is 2.73. The first-order valence-electron chi connectivity index (χ1n) is 6.62. The fourth-order valence-corrected chi connectivity index (χ4v) is 1.65. The van der Waals surface area contributed by atoms with E-state index in [1.807, 2.05) is 13.8 Å². The second kappa shape index (κ2) is 7.40. The van der Waals surface area contributed by atoms with Gasteiger partial charge in [0, 0.05) is 5.02 Å². The van der Waals surface area contributed by atoms with E-state index in [1.54, 1.807) is 24.3 Å². The molecule has 0 aliphatic carbocycles. The molecule has 2 aromatic rings. The smallest absolute Gasteiger partial charge is 0.264 e. The second-order valence-corrected chi connectivity index (χ2v) is 5.21. The van der Waals surface area contributed by atoms with Gasteiger partial charge in [0.15, 0.2) is 12.4 Å². The molecule has 1 atom stereocenters. The maximum atomic E-state index is 5.92. The van der Waals surface area contributed by atoms with Gasteiger partial charge in [0.05, 0.1) is 18.8 Å². The Morgan fingerprint density at radius 3 is 2.67 bits per heavy atom. The highest BCUT2D eigenvalue weighted by Crippen LogP contribution is 2.17. The molecule has 21 heavy (non-hydrogen) atoms. The molecule has 0 fully saturated rings. The van der Waals surface area contributed by atoms with Gasteiger partial charge in [-0.05, 0) is 38.1 Å². The van der Waals surface area contributed by atoms with Crippen molar-refractivity contribution >= 4 is 11.6 Å². The first-order valence-corrected chi connectivity index (χ1v) is 7.00. The van der Waals surface area contributed by atoms with Crippen molar-refractivity contribution in [2.75, 3.05) is 6.61 Å². The normalized spacial score (nSPS) is 12.6. The van der Waals surface area contributed by atoms with Crippen LogP contribution in [0.5, 0.6) is 5.75 Å². The number of rotatable bonds is 7. The lowest BCUT2D eigenvalue weighted by atomic mass is 10.3. The highest BCUT2D eigenvalue weighted by atomic mass is 35.5. The number of nitrogens with zero attached hydrogens (tertiary/aromatic N) is 2. The van der Waals surface area contributed by atoms with Gasteiger partial charge in [-0.25, -0.2) is 0 Å². The van der Waals surface area contributed by atoms with Gasteiger partial charge in [-0.1, -0.05) is 16.8 Å². The van der Waals surface area contributed by atoms with Crippen molar-refractivity contribution < 1.29 is 14.0 Å². The van der Waals surface area contributed by atoms with Gasteiger partial charge < -0.3 is 19.7 Å². The minimum Gasteiger partial charge on any atom is -0.484 e. The largest absolute Gasteiger partial charge is 0.484 e. The van der Waals surface area contributed by atoms with Crippen LogP contribution in [0.3, 0.4) is 0 Å². The van der Waals surface area contributed by atoms with E-state index in [1.165, 1.54) is 0 Å². The van der Waals surface area contributed by atoms with Crippen molar-refractivity contribution in [2.45, 2.75) is 32.6 Å². The zero-order valence-corrected chi connectivity index (χ0v) is 12.7. The molecular formula is C14H18ClN3O3. The summed E-state index contributed by atoms with van der Waals surface area (Å²) in [6.45, 7) is 4.39. The molecule has 1 heterocycles. The van der Waals surface area contributed by atoms with Gasteiger partial charge in [-0.2, -0.15) is 4.98 Å². The molecule has 0 bridgehead atoms. The van der Waals surface area contributed by atoms with Crippen LogP contribution in [-0.4, -0.2) is 22.9 Å². The minimum absolute atomic E-state index is 0.107. The number of ether oxygens (including phenoxy) is 2. The van der Waals surface area contributed by atoms with E-state index in [2.05, 4.69) is 10.1 Å². The molecule has 1 unspecified atom stereocenters. The van der Waals surface area contributed by atoms with E-state index in [0.717, 1.165) is 0 Å². The average Bonchev–Trinajstić information content (AvgIpc) is 2.93. The Bertz CT molecular complexity index is 557. The number of hydrogen-bond acceptors (Lipinski definition) is 6. The zero-order valence-electron chi connectivity index (χ0n) is 12.0. The summed E-state index contributed by atoms with van der Waals surface area (Å²) in [5, 5.41) is 4.48. The van der Waals surface area contributed by atoms with E-state index in [9.17, 15) is 0 Å². The molecule has 114 valence electrons. The number of nitrogens with two attached hydrogens (primary N) is 1. The third-order valence-corrected chi connectivity index (χ3v) is 2.85. The number of benzene rings is 1. The van der Waals surface area contributed by atoms with Crippen LogP contribution < -0.4 is 10.5 Å². The third kappa shape index (κ3) is 5.00. The Morgan fingerprint density at radius 1 is 1.29 bits per heavy atom. The van der Waals surface area contributed by atoms with Crippen molar-refractivity contribution in [3.05, 3.63) is 41.0 Å². The van der Waals surface area contributed by atoms with E-state index in [0.29, 0.717) is 29.1 Å². The number of halogens is 1. The SMILES string of the molecule is CC(C)OCC(N)c1noc(COc2ccc(Cl)cc2)n1. The van der Waals surface area contributed by atoms with Crippen molar-refractivity contribution in [3.63, 3.8) is 0 Å². The Morgan fingerprint density at radius 2 is 2.00 bits per heavy atom. The highest BCUT2D eigenvalue weighted by molar-refractivity contribution is 6.30. The van der Waals surface area contributed by atoms with Crippen molar-refractivity contribution in [3.8, 4) is 5.75 Å². The summed E-state index contributed by atoms with van der Waals surface area (Å²) >= 11 is 5.80. The Hall–Kier alpha value is -1.63. The molecule has 0 amide bonds. The molecule has 2 rings (SSSR count). The molecule has 7 heteroatoms. The Labute approximate surface area is 128 Å². The quantitative estimate of drug-likeness (QED) is 0.846. The standard InChI is InChI=1S/C14H18ClN3O3/c1-9(2)19-7-12(16)14-17-13(21-18-14)8-20-11-5-3-10(15)4-6-11/h3-6,9,12H,7-8,16H2,1-2H3. The lowest BCUT2D eigenvalue weighted by Gasteiger charge is -2.10. The average molecular weight is 312 g/mol. The van der Waals surface area contributed by atoms with Crippen LogP contribution in [0.1, 0.15) is 31.6 Å². The Balaban J connectivity index is 1.86. The van der Waals surface area contributed by atoms with Crippen molar-refractivity contribution in [2.24, 2.45) is 5.73 Å². The molecule has 0 saturated heterocycles. The van der Waals surface area contributed by atoms with Gasteiger partial charge >= 0.3 is 0 Å². The van der Waals surface area contributed by atoms with Crippen LogP contribution in [0.25, 0.3) is 0 Å². The molecule has 1 aromatic carbocycles. The van der Waals surface area contributed by atoms with Crippen molar-refractivity contribution in [1.29, 1.82) is 0 Å². The van der Waals surface area contributed by atoms with Crippen LogP contribution in [0.15, 0.2) is 28.8 Å². The fourth-order valence-electron chi connectivity index (χ4n) is 1.52. The number of hydrogen-bond donors (Lipinski definition) is 1. The highest BCUT2D eigenvalue weighted by Gasteiger charge is 2.15. The lowest BCUT2D eigenvalue weighted by Crippen LogP contribution is -2.20. The van der Waals surface area contributed by atoms with E-state index in [4.69, 9.17) is 31.3 Å². The fraction of sp³-hybridized carbons (Fsp3) is 0.429. The van der Waals surface area contributed by atoms with Gasteiger partial charge in [-0.15, -0.1) is 0 Å². The summed E-state index contributed by atoms with van der Waals surface area (Å²) in [7, 11) is 0. The van der Waals surface area contributed by atoms with Crippen LogP contribution in [0.2, 0.25) is 5.02 Å². The topological polar surface area (TPSA) is 83.4 Å². The van der Waals surface area contributed by atoms with Gasteiger partial charge in [-0.3, -0.25) is 0 Å².